The van der Waals surface area contributed by atoms with Crippen LogP contribution in [0.4, 0.5) is 0 Å². The van der Waals surface area contributed by atoms with Crippen LogP contribution in [0, 0.1) is 0 Å². The number of fused-ring (bicyclic) bond motifs is 1. The number of rotatable bonds is 14. The standard InChI is InChI=1S/C19H26N5O9PS/c1-11(25)23-14(17(26)27)10-35-16-13-5-3-2-4-12(13)8-24(16)15(18(28)29)9-33-34(30,31)32-7-6-22-19(20)21/h2-5,8,14-15H,6-7,9-10H2,1H3,(H,23,25)(H,26,27)(H,28,29)(H,30,31)(H4,20,21,22)/t14-,15?/m0/s1. The molecule has 2 aromatic rings. The number of phosphoric acid groups is 1. The fraction of sp³-hybridized carbons (Fsp3) is 0.368. The smallest absolute Gasteiger partial charge is 0.472 e. The maximum atomic E-state index is 12.2. The van der Waals surface area contributed by atoms with Gasteiger partial charge in [0.15, 0.2) is 12.0 Å². The average molecular weight is 531 g/mol. The molecule has 1 aromatic carbocycles. The molecular formula is C19H26N5O9PS. The van der Waals surface area contributed by atoms with Crippen molar-refractivity contribution >= 4 is 54.2 Å². The van der Waals surface area contributed by atoms with Gasteiger partial charge in [0.2, 0.25) is 5.91 Å². The summed E-state index contributed by atoms with van der Waals surface area (Å²) in [6.45, 7) is -0.0177. The SMILES string of the molecule is CC(=O)N[C@@H](CSc1c2ccccc2cn1C(COP(=O)(O)OCCN=C(N)N)C(=O)O)C(=O)O. The molecule has 1 aromatic heterocycles. The molecule has 0 fully saturated rings. The van der Waals surface area contributed by atoms with Crippen LogP contribution in [0.1, 0.15) is 13.0 Å². The number of aliphatic imine (C=N–C) groups is 1. The van der Waals surface area contributed by atoms with Crippen molar-refractivity contribution in [3.05, 3.63) is 30.5 Å². The molecule has 0 saturated heterocycles. The summed E-state index contributed by atoms with van der Waals surface area (Å²) in [6, 6.07) is 4.20. The first-order chi connectivity index (χ1) is 16.4. The molecule has 0 bridgehead atoms. The minimum absolute atomic E-state index is 0.109. The molecule has 3 atom stereocenters. The number of carboxylic acid groups (broad SMARTS) is 2. The van der Waals surface area contributed by atoms with E-state index in [9.17, 15) is 34.1 Å². The molecule has 0 aliphatic heterocycles. The highest BCUT2D eigenvalue weighted by Crippen LogP contribution is 2.44. The van der Waals surface area contributed by atoms with Crippen molar-refractivity contribution in [3.63, 3.8) is 0 Å². The van der Waals surface area contributed by atoms with Crippen molar-refractivity contribution < 1.29 is 43.1 Å². The van der Waals surface area contributed by atoms with Crippen LogP contribution in [0.3, 0.4) is 0 Å². The summed E-state index contributed by atoms with van der Waals surface area (Å²) in [5.74, 6) is -3.51. The summed E-state index contributed by atoms with van der Waals surface area (Å²) in [7, 11) is -4.64. The number of nitrogens with two attached hydrogens (primary N) is 2. The Morgan fingerprint density at radius 3 is 2.49 bits per heavy atom. The zero-order valence-electron chi connectivity index (χ0n) is 18.6. The molecule has 0 saturated carbocycles. The van der Waals surface area contributed by atoms with Gasteiger partial charge < -0.3 is 36.5 Å². The monoisotopic (exact) mass is 531 g/mol. The predicted octanol–water partition coefficient (Wildman–Crippen LogP) is 0.355. The lowest BCUT2D eigenvalue weighted by Crippen LogP contribution is -2.41. The summed E-state index contributed by atoms with van der Waals surface area (Å²) < 4.78 is 23.1. The summed E-state index contributed by atoms with van der Waals surface area (Å²) >= 11 is 1.01. The van der Waals surface area contributed by atoms with Crippen LogP contribution in [-0.2, 0) is 28.0 Å². The van der Waals surface area contributed by atoms with Crippen molar-refractivity contribution in [2.45, 2.75) is 24.0 Å². The van der Waals surface area contributed by atoms with Gasteiger partial charge in [-0.05, 0) is 0 Å². The van der Waals surface area contributed by atoms with E-state index < -0.39 is 44.4 Å². The Labute approximate surface area is 203 Å². The molecule has 2 rings (SSSR count). The highest BCUT2D eigenvalue weighted by atomic mass is 32.2. The van der Waals surface area contributed by atoms with Gasteiger partial charge in [0.1, 0.15) is 6.04 Å². The van der Waals surface area contributed by atoms with Crippen LogP contribution in [0.5, 0.6) is 0 Å². The number of nitrogens with zero attached hydrogens (tertiary/aromatic N) is 2. The van der Waals surface area contributed by atoms with Gasteiger partial charge in [-0.15, -0.1) is 11.8 Å². The van der Waals surface area contributed by atoms with E-state index in [4.69, 9.17) is 20.5 Å². The second kappa shape index (κ2) is 12.6. The highest BCUT2D eigenvalue weighted by Gasteiger charge is 2.30. The van der Waals surface area contributed by atoms with Gasteiger partial charge in [-0.3, -0.25) is 18.8 Å². The predicted molar refractivity (Wildman–Crippen MR) is 127 cm³/mol. The Balaban J connectivity index is 2.27. The summed E-state index contributed by atoms with van der Waals surface area (Å²) in [4.78, 5) is 48.4. The van der Waals surface area contributed by atoms with E-state index in [1.54, 1.807) is 24.3 Å². The van der Waals surface area contributed by atoms with E-state index in [-0.39, 0.29) is 24.9 Å². The van der Waals surface area contributed by atoms with Crippen molar-refractivity contribution in [3.8, 4) is 0 Å². The van der Waals surface area contributed by atoms with E-state index in [0.29, 0.717) is 15.8 Å². The molecule has 16 heteroatoms. The number of hydrogen-bond acceptors (Lipinski definition) is 8. The van der Waals surface area contributed by atoms with Crippen LogP contribution in [0.15, 0.2) is 40.5 Å². The van der Waals surface area contributed by atoms with E-state index in [2.05, 4.69) is 10.3 Å². The maximum Gasteiger partial charge on any atom is 0.472 e. The van der Waals surface area contributed by atoms with Crippen LogP contribution in [0.2, 0.25) is 0 Å². The van der Waals surface area contributed by atoms with Crippen molar-refractivity contribution in [1.29, 1.82) is 0 Å². The van der Waals surface area contributed by atoms with E-state index in [1.807, 2.05) is 0 Å². The number of hydrogen-bond donors (Lipinski definition) is 6. The van der Waals surface area contributed by atoms with Crippen LogP contribution in [-0.4, -0.2) is 75.0 Å². The Bertz CT molecular complexity index is 1150. The van der Waals surface area contributed by atoms with Crippen molar-refractivity contribution in [2.24, 2.45) is 16.5 Å². The number of benzene rings is 1. The normalized spacial score (nSPS) is 14.6. The second-order valence-corrected chi connectivity index (χ2v) is 9.55. The average Bonchev–Trinajstić information content (AvgIpc) is 3.11. The van der Waals surface area contributed by atoms with Gasteiger partial charge in [-0.25, -0.2) is 14.2 Å². The van der Waals surface area contributed by atoms with E-state index in [1.165, 1.54) is 17.7 Å². The molecule has 0 spiro atoms. The topological polar surface area (TPSA) is 229 Å². The fourth-order valence-electron chi connectivity index (χ4n) is 2.92. The number of carbonyl (C=O) groups is 3. The number of aliphatic carboxylic acids is 2. The van der Waals surface area contributed by atoms with Gasteiger partial charge in [0.25, 0.3) is 0 Å². The van der Waals surface area contributed by atoms with Gasteiger partial charge in [-0.2, -0.15) is 0 Å². The fourth-order valence-corrected chi connectivity index (χ4v) is 4.86. The molecule has 1 amide bonds. The number of nitrogens with one attached hydrogen (secondary N) is 1. The third-order valence-electron chi connectivity index (χ3n) is 4.42. The first kappa shape index (κ1) is 28.1. The number of aromatic nitrogens is 1. The summed E-state index contributed by atoms with van der Waals surface area (Å²) in [5.41, 5.74) is 10.3. The van der Waals surface area contributed by atoms with E-state index in [0.717, 1.165) is 11.8 Å². The Hall–Kier alpha value is -3.10. The Kier molecular flexibility index (Phi) is 10.1. The summed E-state index contributed by atoms with van der Waals surface area (Å²) in [5, 5.41) is 23.1. The zero-order valence-corrected chi connectivity index (χ0v) is 20.3. The first-order valence-electron chi connectivity index (χ1n) is 10.0. The van der Waals surface area contributed by atoms with Crippen molar-refractivity contribution in [2.75, 3.05) is 25.5 Å². The number of phosphoric ester groups is 1. The number of amides is 1. The molecule has 35 heavy (non-hydrogen) atoms. The van der Waals surface area contributed by atoms with Gasteiger partial charge in [0.05, 0.1) is 24.8 Å². The molecule has 8 N–H and O–H groups in total. The van der Waals surface area contributed by atoms with Gasteiger partial charge in [-0.1, -0.05) is 24.3 Å². The quantitative estimate of drug-likeness (QED) is 0.0638. The minimum atomic E-state index is -4.64. The molecule has 1 heterocycles. The number of thioether (sulfide) groups is 1. The molecule has 0 aliphatic rings. The van der Waals surface area contributed by atoms with Gasteiger partial charge >= 0.3 is 19.8 Å². The largest absolute Gasteiger partial charge is 0.480 e. The van der Waals surface area contributed by atoms with Gasteiger partial charge in [0, 0.05) is 29.6 Å². The third kappa shape index (κ3) is 8.56. The Morgan fingerprint density at radius 1 is 1.20 bits per heavy atom. The number of carboxylic acids is 2. The second-order valence-electron chi connectivity index (χ2n) is 7.09. The third-order valence-corrected chi connectivity index (χ3v) is 6.61. The zero-order chi connectivity index (χ0) is 26.2. The lowest BCUT2D eigenvalue weighted by Gasteiger charge is -2.20. The first-order valence-corrected chi connectivity index (χ1v) is 12.5. The molecular weight excluding hydrogens is 505 g/mol. The van der Waals surface area contributed by atoms with Crippen LogP contribution >= 0.6 is 19.6 Å². The molecule has 2 unspecified atom stereocenters. The minimum Gasteiger partial charge on any atom is -0.480 e. The lowest BCUT2D eigenvalue weighted by molar-refractivity contribution is -0.142. The number of carbonyl (C=O) groups excluding carboxylic acids is 1. The van der Waals surface area contributed by atoms with Crippen molar-refractivity contribution in [1.82, 2.24) is 9.88 Å². The summed E-state index contributed by atoms with van der Waals surface area (Å²) in [6.07, 6.45) is 1.51. The lowest BCUT2D eigenvalue weighted by atomic mass is 10.2. The Morgan fingerprint density at radius 2 is 1.89 bits per heavy atom. The molecule has 192 valence electrons. The highest BCUT2D eigenvalue weighted by molar-refractivity contribution is 7.99. The number of guanidine groups is 1. The molecule has 0 aliphatic carbocycles. The van der Waals surface area contributed by atoms with E-state index >= 15 is 0 Å². The molecule has 14 nitrogen and oxygen atoms in total. The van der Waals surface area contributed by atoms with Crippen LogP contribution < -0.4 is 16.8 Å². The molecule has 0 radical (unpaired) electrons. The van der Waals surface area contributed by atoms with Crippen LogP contribution in [0.25, 0.3) is 10.8 Å². The maximum absolute atomic E-state index is 12.2.